The van der Waals surface area contributed by atoms with Crippen LogP contribution in [0.25, 0.3) is 0 Å². The molecule has 0 aromatic carbocycles. The fourth-order valence-corrected chi connectivity index (χ4v) is 4.18. The predicted molar refractivity (Wildman–Crippen MR) is 115 cm³/mol. The molecule has 0 aliphatic heterocycles. The van der Waals surface area contributed by atoms with E-state index in [0.29, 0.717) is 0 Å². The molecule has 0 amide bonds. The average Bonchev–Trinajstić information content (AvgIpc) is 3.19. The van der Waals surface area contributed by atoms with E-state index in [1.807, 2.05) is 23.3 Å². The van der Waals surface area contributed by atoms with E-state index in [1.165, 1.54) is 5.56 Å². The van der Waals surface area contributed by atoms with Crippen LogP contribution in [0.15, 0.2) is 37.7 Å². The molecule has 2 aromatic rings. The van der Waals surface area contributed by atoms with Crippen molar-refractivity contribution < 1.29 is 0 Å². The van der Waals surface area contributed by atoms with Crippen LogP contribution >= 0.6 is 58.4 Å². The van der Waals surface area contributed by atoms with Crippen LogP contribution in [0.5, 0.6) is 0 Å². The lowest BCUT2D eigenvalue weighted by Gasteiger charge is -2.21. The van der Waals surface area contributed by atoms with E-state index in [1.54, 1.807) is 22.7 Å². The second kappa shape index (κ2) is 12.1. The molecule has 8 heteroatoms. The van der Waals surface area contributed by atoms with Gasteiger partial charge in [-0.25, -0.2) is 4.98 Å². The SMILES string of the molecule is CCNC(=NCCCSc1nccs1)N(C)Cc1ccsc1.I. The fraction of sp³-hybridized carbons (Fsp3) is 0.467. The summed E-state index contributed by atoms with van der Waals surface area (Å²) in [5.41, 5.74) is 1.33. The molecule has 2 heterocycles. The van der Waals surface area contributed by atoms with E-state index in [-0.39, 0.29) is 24.0 Å². The summed E-state index contributed by atoms with van der Waals surface area (Å²) in [6.07, 6.45) is 2.92. The van der Waals surface area contributed by atoms with Crippen LogP contribution in [0.1, 0.15) is 18.9 Å². The van der Waals surface area contributed by atoms with Crippen molar-refractivity contribution >= 4 is 64.4 Å². The Hall–Kier alpha value is -0.320. The van der Waals surface area contributed by atoms with Crippen LogP contribution in [-0.4, -0.2) is 41.7 Å². The maximum atomic E-state index is 4.72. The molecule has 2 aromatic heterocycles. The molecule has 23 heavy (non-hydrogen) atoms. The second-order valence-corrected chi connectivity index (χ2v) is 7.74. The minimum atomic E-state index is 0. The van der Waals surface area contributed by atoms with Gasteiger partial charge in [-0.05, 0) is 35.7 Å². The first-order valence-corrected chi connectivity index (χ1v) is 10.1. The highest BCUT2D eigenvalue weighted by atomic mass is 127. The number of nitrogens with one attached hydrogen (secondary N) is 1. The van der Waals surface area contributed by atoms with Gasteiger partial charge in [-0.3, -0.25) is 4.99 Å². The molecule has 0 radical (unpaired) electrons. The number of guanidine groups is 1. The number of aromatic nitrogens is 1. The Morgan fingerprint density at radius 3 is 2.96 bits per heavy atom. The fourth-order valence-electron chi connectivity index (χ4n) is 1.89. The van der Waals surface area contributed by atoms with E-state index in [2.05, 4.69) is 46.0 Å². The molecule has 0 bridgehead atoms. The molecule has 0 saturated heterocycles. The largest absolute Gasteiger partial charge is 0.357 e. The van der Waals surface area contributed by atoms with Gasteiger partial charge < -0.3 is 10.2 Å². The molecule has 128 valence electrons. The van der Waals surface area contributed by atoms with E-state index < -0.39 is 0 Å². The van der Waals surface area contributed by atoms with Crippen LogP contribution in [0.4, 0.5) is 0 Å². The number of thiophene rings is 1. The van der Waals surface area contributed by atoms with Gasteiger partial charge in [0.25, 0.3) is 0 Å². The first kappa shape index (κ1) is 20.7. The second-order valence-electron chi connectivity index (χ2n) is 4.72. The molecule has 4 nitrogen and oxygen atoms in total. The van der Waals surface area contributed by atoms with Crippen molar-refractivity contribution in [2.75, 3.05) is 25.9 Å². The highest BCUT2D eigenvalue weighted by Crippen LogP contribution is 2.20. The van der Waals surface area contributed by atoms with Gasteiger partial charge >= 0.3 is 0 Å². The monoisotopic (exact) mass is 482 g/mol. The maximum Gasteiger partial charge on any atom is 0.193 e. The molecule has 0 aliphatic carbocycles. The van der Waals surface area contributed by atoms with Crippen LogP contribution in [0.3, 0.4) is 0 Å². The maximum absolute atomic E-state index is 4.72. The minimum absolute atomic E-state index is 0. The van der Waals surface area contributed by atoms with Gasteiger partial charge in [0.05, 0.1) is 0 Å². The number of nitrogens with zero attached hydrogens (tertiary/aromatic N) is 3. The summed E-state index contributed by atoms with van der Waals surface area (Å²) >= 11 is 5.24. The summed E-state index contributed by atoms with van der Waals surface area (Å²) in [4.78, 5) is 11.2. The Labute approximate surface area is 167 Å². The third-order valence-electron chi connectivity index (χ3n) is 2.90. The van der Waals surface area contributed by atoms with Crippen molar-refractivity contribution in [3.05, 3.63) is 34.0 Å². The number of rotatable bonds is 8. The van der Waals surface area contributed by atoms with Crippen molar-refractivity contribution in [2.45, 2.75) is 24.2 Å². The molecule has 0 spiro atoms. The Kier molecular flexibility index (Phi) is 10.9. The molecule has 1 N–H and O–H groups in total. The lowest BCUT2D eigenvalue weighted by molar-refractivity contribution is 0.477. The lowest BCUT2D eigenvalue weighted by atomic mass is 10.3. The molecule has 0 saturated carbocycles. The molecule has 0 aliphatic rings. The van der Waals surface area contributed by atoms with Crippen LogP contribution in [-0.2, 0) is 6.54 Å². The Balaban J connectivity index is 0.00000264. The van der Waals surface area contributed by atoms with Gasteiger partial charge in [0.2, 0.25) is 0 Å². The van der Waals surface area contributed by atoms with E-state index in [9.17, 15) is 0 Å². The van der Waals surface area contributed by atoms with Crippen LogP contribution in [0, 0.1) is 0 Å². The molecule has 0 fully saturated rings. The molecule has 2 rings (SSSR count). The number of thioether (sulfide) groups is 1. The molecule has 0 atom stereocenters. The summed E-state index contributed by atoms with van der Waals surface area (Å²) in [6.45, 7) is 4.73. The number of thiazole rings is 1. The van der Waals surface area contributed by atoms with Crippen molar-refractivity contribution in [1.82, 2.24) is 15.2 Å². The average molecular weight is 482 g/mol. The standard InChI is InChI=1S/C15H22N4S3.HI/c1-3-16-14(19(2)11-13-5-9-20-12-13)17-6-4-8-21-15-18-7-10-22-15;/h5,7,9-10,12H,3-4,6,8,11H2,1-2H3,(H,16,17);1H. The Bertz CT molecular complexity index is 543. The number of aliphatic imine (C=N–C) groups is 1. The van der Waals surface area contributed by atoms with Crippen molar-refractivity contribution in [3.63, 3.8) is 0 Å². The summed E-state index contributed by atoms with van der Waals surface area (Å²) in [5.74, 6) is 2.04. The molecule has 0 unspecified atom stereocenters. The van der Waals surface area contributed by atoms with Gasteiger partial charge in [0.15, 0.2) is 5.96 Å². The zero-order valence-electron chi connectivity index (χ0n) is 13.4. The summed E-state index contributed by atoms with van der Waals surface area (Å²) in [7, 11) is 2.09. The smallest absolute Gasteiger partial charge is 0.193 e. The summed E-state index contributed by atoms with van der Waals surface area (Å²) in [5, 5.41) is 9.68. The van der Waals surface area contributed by atoms with E-state index in [4.69, 9.17) is 4.99 Å². The Morgan fingerprint density at radius 1 is 1.43 bits per heavy atom. The minimum Gasteiger partial charge on any atom is -0.357 e. The number of hydrogen-bond acceptors (Lipinski definition) is 5. The molecular weight excluding hydrogens is 459 g/mol. The van der Waals surface area contributed by atoms with Crippen LogP contribution in [0.2, 0.25) is 0 Å². The van der Waals surface area contributed by atoms with Gasteiger partial charge in [-0.1, -0.05) is 11.8 Å². The lowest BCUT2D eigenvalue weighted by Crippen LogP contribution is -2.38. The first-order chi connectivity index (χ1) is 10.8. The zero-order chi connectivity index (χ0) is 15.6. The quantitative estimate of drug-likeness (QED) is 0.199. The van der Waals surface area contributed by atoms with Crippen molar-refractivity contribution in [3.8, 4) is 0 Å². The van der Waals surface area contributed by atoms with E-state index in [0.717, 1.165) is 42.1 Å². The van der Waals surface area contributed by atoms with Crippen molar-refractivity contribution in [1.29, 1.82) is 0 Å². The van der Waals surface area contributed by atoms with Gasteiger partial charge in [-0.2, -0.15) is 11.3 Å². The zero-order valence-corrected chi connectivity index (χ0v) is 18.2. The topological polar surface area (TPSA) is 40.5 Å². The van der Waals surface area contributed by atoms with Gasteiger partial charge in [0, 0.05) is 44.0 Å². The summed E-state index contributed by atoms with van der Waals surface area (Å²) < 4.78 is 1.14. The number of hydrogen-bond donors (Lipinski definition) is 1. The van der Waals surface area contributed by atoms with Gasteiger partial charge in [-0.15, -0.1) is 35.3 Å². The normalized spacial score (nSPS) is 11.1. The van der Waals surface area contributed by atoms with Gasteiger partial charge in [0.1, 0.15) is 4.34 Å². The molecular formula is C15H23IN4S3. The highest BCUT2D eigenvalue weighted by molar-refractivity contribution is 14.0. The van der Waals surface area contributed by atoms with Crippen molar-refractivity contribution in [2.24, 2.45) is 4.99 Å². The Morgan fingerprint density at radius 2 is 2.30 bits per heavy atom. The third kappa shape index (κ3) is 7.86. The van der Waals surface area contributed by atoms with Crippen LogP contribution < -0.4 is 5.32 Å². The summed E-state index contributed by atoms with van der Waals surface area (Å²) in [6, 6.07) is 2.16. The first-order valence-electron chi connectivity index (χ1n) is 7.32. The number of halogens is 1. The van der Waals surface area contributed by atoms with E-state index >= 15 is 0 Å². The highest BCUT2D eigenvalue weighted by Gasteiger charge is 2.06. The predicted octanol–water partition coefficient (Wildman–Crippen LogP) is 4.40. The third-order valence-corrected chi connectivity index (χ3v) is 5.68.